The van der Waals surface area contributed by atoms with Crippen molar-refractivity contribution >= 4 is 0 Å². The van der Waals surface area contributed by atoms with Gasteiger partial charge in [0.25, 0.3) is 0 Å². The average molecular weight is 244 g/mol. The van der Waals surface area contributed by atoms with Crippen LogP contribution in [0.25, 0.3) is 0 Å². The Morgan fingerprint density at radius 3 is 2.44 bits per heavy atom. The summed E-state index contributed by atoms with van der Waals surface area (Å²) in [5.41, 5.74) is 0.459. The van der Waals surface area contributed by atoms with Crippen molar-refractivity contribution in [3.05, 3.63) is 47.3 Å². The molecule has 0 spiro atoms. The van der Waals surface area contributed by atoms with E-state index in [1.165, 1.54) is 19.3 Å². The molecule has 4 heteroatoms. The molecular formula is C14H13FN2O. The molecule has 0 aromatic heterocycles. The molecule has 1 aromatic carbocycles. The zero-order chi connectivity index (χ0) is 13.5. The van der Waals surface area contributed by atoms with Crippen molar-refractivity contribution in [3.63, 3.8) is 0 Å². The van der Waals surface area contributed by atoms with Gasteiger partial charge in [0.05, 0.1) is 6.10 Å². The minimum atomic E-state index is -0.517. The summed E-state index contributed by atoms with van der Waals surface area (Å²) in [5.74, 6) is -0.608. The van der Waals surface area contributed by atoms with E-state index in [2.05, 4.69) is 0 Å². The lowest BCUT2D eigenvalue weighted by molar-refractivity contribution is 0.120. The van der Waals surface area contributed by atoms with E-state index >= 15 is 0 Å². The predicted octanol–water partition coefficient (Wildman–Crippen LogP) is 2.92. The van der Waals surface area contributed by atoms with Gasteiger partial charge in [0.1, 0.15) is 23.5 Å². The number of rotatable bonds is 4. The van der Waals surface area contributed by atoms with Gasteiger partial charge in [0, 0.05) is 13.0 Å². The fourth-order valence-electron chi connectivity index (χ4n) is 1.70. The fraction of sp³-hybridized carbons (Fsp3) is 0.286. The van der Waals surface area contributed by atoms with Gasteiger partial charge in [0.2, 0.25) is 0 Å². The van der Waals surface area contributed by atoms with Crippen LogP contribution in [0.15, 0.2) is 35.9 Å². The lowest BCUT2D eigenvalue weighted by atomic mass is 9.93. The SMILES string of the molecule is CO[C@@H](C=C(C#N)C#N)[C@@H](C)c1ccccc1F. The molecule has 0 aliphatic rings. The van der Waals surface area contributed by atoms with E-state index in [1.807, 2.05) is 0 Å². The first-order chi connectivity index (χ1) is 8.63. The van der Waals surface area contributed by atoms with Crippen molar-refractivity contribution in [2.24, 2.45) is 0 Å². The number of nitrogens with zero attached hydrogens (tertiary/aromatic N) is 2. The van der Waals surface area contributed by atoms with Gasteiger partial charge < -0.3 is 4.74 Å². The number of nitriles is 2. The normalized spacial score (nSPS) is 12.9. The van der Waals surface area contributed by atoms with Crippen LogP contribution >= 0.6 is 0 Å². The van der Waals surface area contributed by atoms with Crippen molar-refractivity contribution in [2.45, 2.75) is 18.9 Å². The standard InChI is InChI=1S/C14H13FN2O/c1-10(12-5-3-4-6-13(12)15)14(18-2)7-11(8-16)9-17/h3-7,10,14H,1-2H3/t10-,14-/m0/s1. The molecule has 1 rings (SSSR count). The van der Waals surface area contributed by atoms with Gasteiger partial charge in [-0.25, -0.2) is 4.39 Å². The van der Waals surface area contributed by atoms with Gasteiger partial charge in [0.15, 0.2) is 0 Å². The molecule has 2 atom stereocenters. The largest absolute Gasteiger partial charge is 0.377 e. The van der Waals surface area contributed by atoms with Crippen LogP contribution in [-0.4, -0.2) is 13.2 Å². The smallest absolute Gasteiger partial charge is 0.128 e. The monoisotopic (exact) mass is 244 g/mol. The van der Waals surface area contributed by atoms with Crippen LogP contribution < -0.4 is 0 Å². The van der Waals surface area contributed by atoms with Crippen LogP contribution in [0.5, 0.6) is 0 Å². The lowest BCUT2D eigenvalue weighted by Crippen LogP contribution is -2.17. The summed E-state index contributed by atoms with van der Waals surface area (Å²) >= 11 is 0. The second-order valence-corrected chi connectivity index (χ2v) is 3.81. The molecule has 3 nitrogen and oxygen atoms in total. The Morgan fingerprint density at radius 1 is 1.33 bits per heavy atom. The third kappa shape index (κ3) is 3.16. The maximum atomic E-state index is 13.6. The summed E-state index contributed by atoms with van der Waals surface area (Å²) < 4.78 is 18.8. The maximum absolute atomic E-state index is 13.6. The average Bonchev–Trinajstić information content (AvgIpc) is 2.40. The maximum Gasteiger partial charge on any atom is 0.128 e. The lowest BCUT2D eigenvalue weighted by Gasteiger charge is -2.20. The summed E-state index contributed by atoms with van der Waals surface area (Å²) in [7, 11) is 1.46. The van der Waals surface area contributed by atoms with Crippen LogP contribution in [0.1, 0.15) is 18.4 Å². The van der Waals surface area contributed by atoms with E-state index in [-0.39, 0.29) is 17.3 Å². The summed E-state index contributed by atoms with van der Waals surface area (Å²) in [6.07, 6.45) is 0.896. The summed E-state index contributed by atoms with van der Waals surface area (Å²) in [5, 5.41) is 17.4. The third-order valence-corrected chi connectivity index (χ3v) is 2.73. The van der Waals surface area contributed by atoms with Gasteiger partial charge in [-0.2, -0.15) is 10.5 Å². The van der Waals surface area contributed by atoms with Crippen molar-refractivity contribution in [2.75, 3.05) is 7.11 Å². The van der Waals surface area contributed by atoms with E-state index in [4.69, 9.17) is 15.3 Å². The number of methoxy groups -OCH3 is 1. The van der Waals surface area contributed by atoms with E-state index in [0.717, 1.165) is 0 Å². The summed E-state index contributed by atoms with van der Waals surface area (Å²) in [6.45, 7) is 1.79. The molecule has 0 N–H and O–H groups in total. The number of benzene rings is 1. The van der Waals surface area contributed by atoms with Crippen LogP contribution in [0.3, 0.4) is 0 Å². The molecule has 0 amide bonds. The van der Waals surface area contributed by atoms with Gasteiger partial charge in [-0.15, -0.1) is 0 Å². The molecule has 0 radical (unpaired) electrons. The van der Waals surface area contributed by atoms with Gasteiger partial charge in [-0.1, -0.05) is 25.1 Å². The first kappa shape index (κ1) is 13.9. The minimum absolute atomic E-state index is 0.0370. The Balaban J connectivity index is 3.05. The van der Waals surface area contributed by atoms with Gasteiger partial charge in [-0.3, -0.25) is 0 Å². The predicted molar refractivity (Wildman–Crippen MR) is 64.9 cm³/mol. The first-order valence-corrected chi connectivity index (χ1v) is 5.43. The number of hydrogen-bond donors (Lipinski definition) is 0. The fourth-order valence-corrected chi connectivity index (χ4v) is 1.70. The summed E-state index contributed by atoms with van der Waals surface area (Å²) in [4.78, 5) is 0. The van der Waals surface area contributed by atoms with Crippen molar-refractivity contribution in [1.82, 2.24) is 0 Å². The van der Waals surface area contributed by atoms with Crippen LogP contribution in [-0.2, 0) is 4.74 Å². The minimum Gasteiger partial charge on any atom is -0.377 e. The molecule has 1 aromatic rings. The molecular weight excluding hydrogens is 231 g/mol. The van der Waals surface area contributed by atoms with Crippen LogP contribution in [0.4, 0.5) is 4.39 Å². The number of ether oxygens (including phenoxy) is 1. The van der Waals surface area contributed by atoms with Gasteiger partial charge in [-0.05, 0) is 17.7 Å². The third-order valence-electron chi connectivity index (χ3n) is 2.73. The van der Waals surface area contributed by atoms with E-state index in [0.29, 0.717) is 5.56 Å². The Hall–Kier alpha value is -2.17. The van der Waals surface area contributed by atoms with Crippen LogP contribution in [0, 0.1) is 28.5 Å². The van der Waals surface area contributed by atoms with Crippen LogP contribution in [0.2, 0.25) is 0 Å². The highest BCUT2D eigenvalue weighted by atomic mass is 19.1. The molecule has 0 heterocycles. The number of halogens is 1. The molecule has 0 unspecified atom stereocenters. The zero-order valence-corrected chi connectivity index (χ0v) is 10.2. The molecule has 0 aliphatic heterocycles. The van der Waals surface area contributed by atoms with E-state index in [9.17, 15) is 4.39 Å². The molecule has 0 saturated heterocycles. The Bertz CT molecular complexity index is 509. The molecule has 18 heavy (non-hydrogen) atoms. The second kappa shape index (κ2) is 6.54. The first-order valence-electron chi connectivity index (χ1n) is 5.43. The molecule has 0 bridgehead atoms. The molecule has 92 valence electrons. The van der Waals surface area contributed by atoms with E-state index in [1.54, 1.807) is 37.3 Å². The highest BCUT2D eigenvalue weighted by Gasteiger charge is 2.20. The zero-order valence-electron chi connectivity index (χ0n) is 10.2. The van der Waals surface area contributed by atoms with Gasteiger partial charge >= 0.3 is 0 Å². The molecule has 0 fully saturated rings. The molecule has 0 saturated carbocycles. The second-order valence-electron chi connectivity index (χ2n) is 3.81. The molecule has 0 aliphatic carbocycles. The Labute approximate surface area is 106 Å². The van der Waals surface area contributed by atoms with Crippen molar-refractivity contribution in [3.8, 4) is 12.1 Å². The van der Waals surface area contributed by atoms with E-state index < -0.39 is 6.10 Å². The Kier molecular flexibility index (Phi) is 5.05. The number of allylic oxidation sites excluding steroid dienone is 1. The highest BCUT2D eigenvalue weighted by Crippen LogP contribution is 2.25. The van der Waals surface area contributed by atoms with Crippen molar-refractivity contribution < 1.29 is 9.13 Å². The number of hydrogen-bond acceptors (Lipinski definition) is 3. The van der Waals surface area contributed by atoms with Crippen molar-refractivity contribution in [1.29, 1.82) is 10.5 Å². The highest BCUT2D eigenvalue weighted by molar-refractivity contribution is 5.37. The summed E-state index contributed by atoms with van der Waals surface area (Å²) in [6, 6.07) is 9.91. The Morgan fingerprint density at radius 2 is 1.94 bits per heavy atom. The quantitative estimate of drug-likeness (QED) is 0.765. The topological polar surface area (TPSA) is 56.8 Å².